The molecule has 0 spiro atoms. The molecular formula is C23H27F2N5O2. The van der Waals surface area contributed by atoms with Crippen LogP contribution in [-0.2, 0) is 24.3 Å². The molecule has 0 bridgehead atoms. The van der Waals surface area contributed by atoms with Crippen molar-refractivity contribution in [3.8, 4) is 0 Å². The Kier molecular flexibility index (Phi) is 6.08. The van der Waals surface area contributed by atoms with Gasteiger partial charge >= 0.3 is 0 Å². The van der Waals surface area contributed by atoms with E-state index in [9.17, 15) is 18.4 Å². The van der Waals surface area contributed by atoms with E-state index in [2.05, 4.69) is 15.3 Å². The second-order valence-electron chi connectivity index (χ2n) is 8.40. The van der Waals surface area contributed by atoms with Crippen molar-refractivity contribution in [2.24, 2.45) is 0 Å². The molecule has 4 rings (SSSR count). The molecule has 1 fully saturated rings. The Bertz CT molecular complexity index is 1030. The minimum atomic E-state index is -2.60. The molecule has 2 aliphatic heterocycles. The third-order valence-corrected chi connectivity index (χ3v) is 5.99. The van der Waals surface area contributed by atoms with Crippen molar-refractivity contribution in [3.63, 3.8) is 0 Å². The maximum Gasteiger partial charge on any atom is 0.254 e. The summed E-state index contributed by atoms with van der Waals surface area (Å²) in [4.78, 5) is 37.4. The SMILES string of the molecule is CCNC(=O)Cc1nccc2c1CN(Cc1cnc(N3CCC(F)(F)CC3)c(C)c1)C2=O. The van der Waals surface area contributed by atoms with Gasteiger partial charge in [-0.3, -0.25) is 14.6 Å². The van der Waals surface area contributed by atoms with Crippen molar-refractivity contribution < 1.29 is 18.4 Å². The van der Waals surface area contributed by atoms with E-state index >= 15 is 0 Å². The average molecular weight is 443 g/mol. The molecule has 4 heterocycles. The number of hydrogen-bond donors (Lipinski definition) is 1. The van der Waals surface area contributed by atoms with Gasteiger partial charge in [0.05, 0.1) is 12.1 Å². The third kappa shape index (κ3) is 4.56. The summed E-state index contributed by atoms with van der Waals surface area (Å²) in [5.41, 5.74) is 3.76. The quantitative estimate of drug-likeness (QED) is 0.743. The second kappa shape index (κ2) is 8.80. The number of alkyl halides is 2. The van der Waals surface area contributed by atoms with Crippen molar-refractivity contribution in [2.45, 2.75) is 52.1 Å². The number of piperidine rings is 1. The summed E-state index contributed by atoms with van der Waals surface area (Å²) < 4.78 is 26.9. The fraction of sp³-hybridized carbons (Fsp3) is 0.478. The summed E-state index contributed by atoms with van der Waals surface area (Å²) in [5.74, 6) is -2.10. The number of fused-ring (bicyclic) bond motifs is 1. The van der Waals surface area contributed by atoms with Crippen LogP contribution < -0.4 is 10.2 Å². The second-order valence-corrected chi connectivity index (χ2v) is 8.40. The van der Waals surface area contributed by atoms with E-state index in [1.165, 1.54) is 0 Å². The molecule has 7 nitrogen and oxygen atoms in total. The highest BCUT2D eigenvalue weighted by Crippen LogP contribution is 2.32. The van der Waals surface area contributed by atoms with E-state index in [1.54, 1.807) is 23.4 Å². The molecule has 2 aliphatic rings. The lowest BCUT2D eigenvalue weighted by atomic mass is 10.1. The van der Waals surface area contributed by atoms with Crippen LogP contribution in [0.5, 0.6) is 0 Å². The predicted octanol–water partition coefficient (Wildman–Crippen LogP) is 2.86. The van der Waals surface area contributed by atoms with Crippen LogP contribution >= 0.6 is 0 Å². The van der Waals surface area contributed by atoms with Crippen LogP contribution in [0.25, 0.3) is 0 Å². The Hall–Kier alpha value is -3.10. The van der Waals surface area contributed by atoms with E-state index < -0.39 is 5.92 Å². The first-order valence-corrected chi connectivity index (χ1v) is 10.9. The van der Waals surface area contributed by atoms with Gasteiger partial charge in [-0.1, -0.05) is 0 Å². The first kappa shape index (κ1) is 22.1. The van der Waals surface area contributed by atoms with Crippen LogP contribution in [0.2, 0.25) is 0 Å². The maximum absolute atomic E-state index is 13.5. The van der Waals surface area contributed by atoms with Crippen molar-refractivity contribution in [2.75, 3.05) is 24.5 Å². The molecule has 9 heteroatoms. The highest BCUT2D eigenvalue weighted by Gasteiger charge is 2.35. The van der Waals surface area contributed by atoms with Crippen molar-refractivity contribution in [3.05, 3.63) is 52.5 Å². The molecule has 1 saturated heterocycles. The Balaban J connectivity index is 1.46. The number of anilines is 1. The van der Waals surface area contributed by atoms with Gasteiger partial charge < -0.3 is 15.1 Å². The summed E-state index contributed by atoms with van der Waals surface area (Å²) in [6.45, 7) is 5.63. The van der Waals surface area contributed by atoms with Crippen molar-refractivity contribution in [1.82, 2.24) is 20.2 Å². The Morgan fingerprint density at radius 3 is 2.69 bits per heavy atom. The number of carbonyl (C=O) groups excluding carboxylic acids is 2. The molecular weight excluding hydrogens is 416 g/mol. The zero-order valence-corrected chi connectivity index (χ0v) is 18.3. The van der Waals surface area contributed by atoms with Crippen LogP contribution in [0.15, 0.2) is 24.5 Å². The van der Waals surface area contributed by atoms with Crippen LogP contribution in [0, 0.1) is 6.92 Å². The van der Waals surface area contributed by atoms with Gasteiger partial charge in [-0.05, 0) is 37.1 Å². The van der Waals surface area contributed by atoms with Crippen molar-refractivity contribution in [1.29, 1.82) is 0 Å². The van der Waals surface area contributed by atoms with Crippen LogP contribution in [0.3, 0.4) is 0 Å². The Morgan fingerprint density at radius 1 is 1.25 bits per heavy atom. The first-order valence-electron chi connectivity index (χ1n) is 10.9. The molecule has 0 aliphatic carbocycles. The van der Waals surface area contributed by atoms with Gasteiger partial charge in [0.2, 0.25) is 5.91 Å². The van der Waals surface area contributed by atoms with Crippen LogP contribution in [-0.4, -0.2) is 52.2 Å². The molecule has 0 aromatic carbocycles. The maximum atomic E-state index is 13.5. The zero-order chi connectivity index (χ0) is 22.9. The minimum Gasteiger partial charge on any atom is -0.356 e. The number of aromatic nitrogens is 2. The van der Waals surface area contributed by atoms with Gasteiger partial charge in [-0.2, -0.15) is 0 Å². The van der Waals surface area contributed by atoms with Crippen LogP contribution in [0.4, 0.5) is 14.6 Å². The van der Waals surface area contributed by atoms with Crippen LogP contribution in [0.1, 0.15) is 52.5 Å². The van der Waals surface area contributed by atoms with Gasteiger partial charge in [0.1, 0.15) is 5.82 Å². The average Bonchev–Trinajstić information content (AvgIpc) is 3.05. The number of amides is 2. The smallest absolute Gasteiger partial charge is 0.254 e. The molecule has 0 saturated carbocycles. The lowest BCUT2D eigenvalue weighted by Gasteiger charge is -2.33. The molecule has 2 aromatic rings. The molecule has 2 aromatic heterocycles. The summed E-state index contributed by atoms with van der Waals surface area (Å²) in [6, 6.07) is 3.65. The number of nitrogens with one attached hydrogen (secondary N) is 1. The number of pyridine rings is 2. The molecule has 2 amide bonds. The summed E-state index contributed by atoms with van der Waals surface area (Å²) >= 11 is 0. The number of rotatable bonds is 6. The fourth-order valence-electron chi connectivity index (χ4n) is 4.35. The molecule has 0 atom stereocenters. The van der Waals surface area contributed by atoms with E-state index in [-0.39, 0.29) is 44.2 Å². The van der Waals surface area contributed by atoms with E-state index in [0.29, 0.717) is 36.7 Å². The topological polar surface area (TPSA) is 78.4 Å². The van der Waals surface area contributed by atoms with Gasteiger partial charge in [-0.25, -0.2) is 13.8 Å². The van der Waals surface area contributed by atoms with E-state index in [0.717, 1.165) is 16.7 Å². The van der Waals surface area contributed by atoms with Gasteiger partial charge in [0, 0.05) is 69.1 Å². The zero-order valence-electron chi connectivity index (χ0n) is 18.3. The number of hydrogen-bond acceptors (Lipinski definition) is 5. The minimum absolute atomic E-state index is 0.0976. The van der Waals surface area contributed by atoms with Gasteiger partial charge in [0.25, 0.3) is 11.8 Å². The number of nitrogens with zero attached hydrogens (tertiary/aromatic N) is 4. The Morgan fingerprint density at radius 2 is 2.00 bits per heavy atom. The first-order chi connectivity index (χ1) is 15.3. The highest BCUT2D eigenvalue weighted by atomic mass is 19.3. The monoisotopic (exact) mass is 443 g/mol. The lowest BCUT2D eigenvalue weighted by molar-refractivity contribution is -0.120. The largest absolute Gasteiger partial charge is 0.356 e. The van der Waals surface area contributed by atoms with Gasteiger partial charge in [-0.15, -0.1) is 0 Å². The van der Waals surface area contributed by atoms with E-state index in [1.807, 2.05) is 24.8 Å². The molecule has 1 N–H and O–H groups in total. The molecule has 0 unspecified atom stereocenters. The van der Waals surface area contributed by atoms with Crippen molar-refractivity contribution >= 4 is 17.6 Å². The summed E-state index contributed by atoms with van der Waals surface area (Å²) in [5, 5.41) is 2.76. The van der Waals surface area contributed by atoms with Gasteiger partial charge in [0.15, 0.2) is 0 Å². The summed E-state index contributed by atoms with van der Waals surface area (Å²) in [6.07, 6.45) is 3.09. The molecule has 0 radical (unpaired) electrons. The number of halogens is 2. The molecule has 32 heavy (non-hydrogen) atoms. The third-order valence-electron chi connectivity index (χ3n) is 5.99. The molecule has 170 valence electrons. The Labute approximate surface area is 185 Å². The number of carbonyl (C=O) groups is 2. The normalized spacial score (nSPS) is 17.4. The summed E-state index contributed by atoms with van der Waals surface area (Å²) in [7, 11) is 0. The van der Waals surface area contributed by atoms with E-state index in [4.69, 9.17) is 0 Å². The standard InChI is InChI=1S/C23H27F2N5O2/c1-3-26-20(31)11-19-18-14-30(22(32)17(18)4-7-27-19)13-16-10-15(2)21(28-12-16)29-8-5-23(24,25)6-9-29/h4,7,10,12H,3,5-6,8-9,11,13-14H2,1-2H3,(H,26,31). The lowest BCUT2D eigenvalue weighted by Crippen LogP contribution is -2.40. The fourth-order valence-corrected chi connectivity index (χ4v) is 4.35. The number of likely N-dealkylation sites (N-methyl/N-ethyl adjacent to an activating group) is 1. The predicted molar refractivity (Wildman–Crippen MR) is 116 cm³/mol. The highest BCUT2D eigenvalue weighted by molar-refractivity contribution is 5.98. The number of aryl methyl sites for hydroxylation is 1.